The molecule has 5 heteroatoms. The van der Waals surface area contributed by atoms with Crippen molar-refractivity contribution in [2.24, 2.45) is 0 Å². The van der Waals surface area contributed by atoms with E-state index in [1.807, 2.05) is 24.4 Å². The lowest BCUT2D eigenvalue weighted by Crippen LogP contribution is -2.25. The Morgan fingerprint density at radius 1 is 1.37 bits per heavy atom. The molecular weight excluding hydrogens is 258 g/mol. The van der Waals surface area contributed by atoms with Crippen molar-refractivity contribution in [3.05, 3.63) is 52.6 Å². The Morgan fingerprint density at radius 3 is 3.11 bits per heavy atom. The molecule has 0 saturated carbocycles. The largest absolute Gasteiger partial charge is 0.361 e. The lowest BCUT2D eigenvalue weighted by atomic mass is 10.1. The van der Waals surface area contributed by atoms with Crippen LogP contribution in [0.25, 0.3) is 10.9 Å². The second kappa shape index (κ2) is 5.24. The Kier molecular flexibility index (Phi) is 3.29. The van der Waals surface area contributed by atoms with Crippen LogP contribution in [0.3, 0.4) is 0 Å². The van der Waals surface area contributed by atoms with Crippen LogP contribution in [0.15, 0.2) is 42.0 Å². The molecule has 0 radical (unpaired) electrons. The van der Waals surface area contributed by atoms with Crippen molar-refractivity contribution >= 4 is 28.1 Å². The highest BCUT2D eigenvalue weighted by atomic mass is 32.1. The lowest BCUT2D eigenvalue weighted by molar-refractivity contribution is 0.0954. The minimum Gasteiger partial charge on any atom is -0.361 e. The molecule has 0 bridgehead atoms. The van der Waals surface area contributed by atoms with E-state index in [2.05, 4.69) is 21.4 Å². The zero-order valence-electron chi connectivity index (χ0n) is 10.2. The Labute approximate surface area is 114 Å². The molecule has 3 rings (SSSR count). The number of nitrogens with one attached hydrogen (secondary N) is 2. The summed E-state index contributed by atoms with van der Waals surface area (Å²) in [5.74, 6) is -0.102. The molecule has 1 amide bonds. The van der Waals surface area contributed by atoms with Crippen LogP contribution >= 0.6 is 11.3 Å². The van der Waals surface area contributed by atoms with E-state index in [4.69, 9.17) is 0 Å². The summed E-state index contributed by atoms with van der Waals surface area (Å²) in [6, 6.07) is 8.16. The highest BCUT2D eigenvalue weighted by molar-refractivity contribution is 7.11. The quantitative estimate of drug-likeness (QED) is 0.766. The predicted octanol–water partition coefficient (Wildman–Crippen LogP) is 2.60. The first kappa shape index (κ1) is 11.9. The molecule has 0 aliphatic heterocycles. The van der Waals surface area contributed by atoms with Gasteiger partial charge in [-0.1, -0.05) is 18.2 Å². The minimum absolute atomic E-state index is 0.102. The van der Waals surface area contributed by atoms with Crippen molar-refractivity contribution in [2.75, 3.05) is 6.54 Å². The summed E-state index contributed by atoms with van der Waals surface area (Å²) in [5, 5.41) is 6.41. The molecule has 0 aliphatic carbocycles. The standard InChI is InChI=1S/C14H13N3OS/c18-13(14-16-7-8-19-14)15-6-5-10-9-17-12-4-2-1-3-11(10)12/h1-4,7-9,17H,5-6H2,(H,15,18). The van der Waals surface area contributed by atoms with Crippen LogP contribution in [-0.2, 0) is 6.42 Å². The first-order chi connectivity index (χ1) is 9.34. The molecule has 4 nitrogen and oxygen atoms in total. The van der Waals surface area contributed by atoms with E-state index in [-0.39, 0.29) is 5.91 Å². The van der Waals surface area contributed by atoms with Crippen molar-refractivity contribution in [3.63, 3.8) is 0 Å². The van der Waals surface area contributed by atoms with Crippen molar-refractivity contribution in [1.82, 2.24) is 15.3 Å². The van der Waals surface area contributed by atoms with Crippen LogP contribution in [0.5, 0.6) is 0 Å². The van der Waals surface area contributed by atoms with E-state index in [1.165, 1.54) is 22.3 Å². The molecule has 19 heavy (non-hydrogen) atoms. The third-order valence-corrected chi connectivity index (χ3v) is 3.75. The molecular formula is C14H13N3OS. The Morgan fingerprint density at radius 2 is 2.26 bits per heavy atom. The smallest absolute Gasteiger partial charge is 0.280 e. The van der Waals surface area contributed by atoms with Crippen molar-refractivity contribution < 1.29 is 4.79 Å². The number of hydrogen-bond acceptors (Lipinski definition) is 3. The van der Waals surface area contributed by atoms with Gasteiger partial charge in [0.15, 0.2) is 5.01 Å². The van der Waals surface area contributed by atoms with E-state index in [1.54, 1.807) is 11.6 Å². The van der Waals surface area contributed by atoms with Crippen LogP contribution in [0.2, 0.25) is 0 Å². The van der Waals surface area contributed by atoms with E-state index in [9.17, 15) is 4.79 Å². The Hall–Kier alpha value is -2.14. The number of amides is 1. The van der Waals surface area contributed by atoms with E-state index in [0.29, 0.717) is 11.6 Å². The topological polar surface area (TPSA) is 57.8 Å². The minimum atomic E-state index is -0.102. The number of benzene rings is 1. The summed E-state index contributed by atoms with van der Waals surface area (Å²) in [7, 11) is 0. The average molecular weight is 271 g/mol. The zero-order chi connectivity index (χ0) is 13.1. The van der Waals surface area contributed by atoms with Gasteiger partial charge < -0.3 is 10.3 Å². The molecule has 0 fully saturated rings. The molecule has 0 unspecified atom stereocenters. The highest BCUT2D eigenvalue weighted by Crippen LogP contribution is 2.17. The molecule has 0 spiro atoms. The first-order valence-electron chi connectivity index (χ1n) is 6.07. The molecule has 96 valence electrons. The maximum absolute atomic E-state index is 11.7. The number of rotatable bonds is 4. The molecule has 2 N–H and O–H groups in total. The molecule has 0 saturated heterocycles. The summed E-state index contributed by atoms with van der Waals surface area (Å²) in [4.78, 5) is 18.9. The van der Waals surface area contributed by atoms with Gasteiger partial charge in [-0.25, -0.2) is 4.98 Å². The predicted molar refractivity (Wildman–Crippen MR) is 76.4 cm³/mol. The van der Waals surface area contributed by atoms with Crippen LogP contribution in [0.4, 0.5) is 0 Å². The normalized spacial score (nSPS) is 10.7. The van der Waals surface area contributed by atoms with Crippen LogP contribution < -0.4 is 5.32 Å². The lowest BCUT2D eigenvalue weighted by Gasteiger charge is -2.02. The van der Waals surface area contributed by atoms with Crippen molar-refractivity contribution in [1.29, 1.82) is 0 Å². The van der Waals surface area contributed by atoms with Gasteiger partial charge in [-0.05, 0) is 18.1 Å². The Bertz CT molecular complexity index is 688. The molecule has 0 atom stereocenters. The SMILES string of the molecule is O=C(NCCc1c[nH]c2ccccc12)c1nccs1. The van der Waals surface area contributed by atoms with Gasteiger partial charge in [-0.2, -0.15) is 0 Å². The molecule has 2 aromatic heterocycles. The van der Waals surface area contributed by atoms with Gasteiger partial charge in [0.2, 0.25) is 0 Å². The maximum atomic E-state index is 11.7. The number of fused-ring (bicyclic) bond motifs is 1. The highest BCUT2D eigenvalue weighted by Gasteiger charge is 2.08. The van der Waals surface area contributed by atoms with Gasteiger partial charge in [0, 0.05) is 35.2 Å². The fourth-order valence-electron chi connectivity index (χ4n) is 2.06. The number of H-pyrrole nitrogens is 1. The van der Waals surface area contributed by atoms with Crippen LogP contribution in [0.1, 0.15) is 15.4 Å². The number of hydrogen-bond donors (Lipinski definition) is 2. The van der Waals surface area contributed by atoms with Crippen LogP contribution in [-0.4, -0.2) is 22.4 Å². The van der Waals surface area contributed by atoms with Gasteiger partial charge in [0.25, 0.3) is 5.91 Å². The number of aromatic amines is 1. The third kappa shape index (κ3) is 2.51. The third-order valence-electron chi connectivity index (χ3n) is 2.98. The summed E-state index contributed by atoms with van der Waals surface area (Å²) in [5.41, 5.74) is 2.35. The van der Waals surface area contributed by atoms with Gasteiger partial charge in [0.05, 0.1) is 0 Å². The summed E-state index contributed by atoms with van der Waals surface area (Å²) >= 11 is 1.35. The van der Waals surface area contributed by atoms with Gasteiger partial charge in [-0.3, -0.25) is 4.79 Å². The number of para-hydroxylation sites is 1. The molecule has 0 aliphatic rings. The number of carbonyl (C=O) groups is 1. The molecule has 1 aromatic carbocycles. The number of aromatic nitrogens is 2. The van der Waals surface area contributed by atoms with E-state index < -0.39 is 0 Å². The first-order valence-corrected chi connectivity index (χ1v) is 6.95. The van der Waals surface area contributed by atoms with Gasteiger partial charge in [0.1, 0.15) is 0 Å². The summed E-state index contributed by atoms with van der Waals surface area (Å²) < 4.78 is 0. The van der Waals surface area contributed by atoms with Crippen LogP contribution in [0, 0.1) is 0 Å². The molecule has 2 heterocycles. The monoisotopic (exact) mass is 271 g/mol. The Balaban J connectivity index is 1.62. The summed E-state index contributed by atoms with van der Waals surface area (Å²) in [6.45, 7) is 0.611. The maximum Gasteiger partial charge on any atom is 0.280 e. The van der Waals surface area contributed by atoms with Crippen molar-refractivity contribution in [3.8, 4) is 0 Å². The second-order valence-electron chi connectivity index (χ2n) is 4.20. The number of carbonyl (C=O) groups excluding carboxylic acids is 1. The van der Waals surface area contributed by atoms with E-state index >= 15 is 0 Å². The van der Waals surface area contributed by atoms with E-state index in [0.717, 1.165) is 11.9 Å². The van der Waals surface area contributed by atoms with Gasteiger partial charge in [-0.15, -0.1) is 11.3 Å². The zero-order valence-corrected chi connectivity index (χ0v) is 11.0. The molecule has 3 aromatic rings. The second-order valence-corrected chi connectivity index (χ2v) is 5.10. The number of thiazole rings is 1. The van der Waals surface area contributed by atoms with Gasteiger partial charge >= 0.3 is 0 Å². The fourth-order valence-corrected chi connectivity index (χ4v) is 2.61. The number of nitrogens with zero attached hydrogens (tertiary/aromatic N) is 1. The summed E-state index contributed by atoms with van der Waals surface area (Å²) in [6.07, 6.45) is 4.45. The van der Waals surface area contributed by atoms with Crippen molar-refractivity contribution in [2.45, 2.75) is 6.42 Å². The fraction of sp³-hybridized carbons (Fsp3) is 0.143. The average Bonchev–Trinajstić information content (AvgIpc) is 3.08.